The second-order valence-corrected chi connectivity index (χ2v) is 11.0. The Morgan fingerprint density at radius 2 is 1.97 bits per heavy atom. The molecule has 2 fully saturated rings. The first-order valence-electron chi connectivity index (χ1n) is 10.2. The van der Waals surface area contributed by atoms with Gasteiger partial charge in [-0.3, -0.25) is 4.79 Å². The predicted molar refractivity (Wildman–Crippen MR) is 123 cm³/mol. The second-order valence-electron chi connectivity index (χ2n) is 7.27. The van der Waals surface area contributed by atoms with E-state index in [1.807, 2.05) is 52.0 Å². The van der Waals surface area contributed by atoms with Crippen LogP contribution in [0.4, 0.5) is 0 Å². The summed E-state index contributed by atoms with van der Waals surface area (Å²) in [4.78, 5) is 16.0. The van der Waals surface area contributed by atoms with Gasteiger partial charge in [0, 0.05) is 18.0 Å². The van der Waals surface area contributed by atoms with Gasteiger partial charge in [0.15, 0.2) is 6.61 Å². The molecule has 0 spiro atoms. The minimum atomic E-state index is 0.0105. The van der Waals surface area contributed by atoms with Crippen molar-refractivity contribution in [2.24, 2.45) is 0 Å². The van der Waals surface area contributed by atoms with Gasteiger partial charge in [0.1, 0.15) is 5.75 Å². The van der Waals surface area contributed by atoms with E-state index in [1.54, 1.807) is 11.3 Å². The van der Waals surface area contributed by atoms with Crippen molar-refractivity contribution >= 4 is 40.8 Å². The average molecular weight is 450 g/mol. The Labute approximate surface area is 185 Å². The van der Waals surface area contributed by atoms with E-state index in [4.69, 9.17) is 9.47 Å². The molecule has 0 aliphatic carbocycles. The third kappa shape index (κ3) is 6.17. The first-order valence-corrected chi connectivity index (χ1v) is 13.1. The van der Waals surface area contributed by atoms with Gasteiger partial charge in [0.2, 0.25) is 0 Å². The zero-order valence-corrected chi connectivity index (χ0v) is 18.9. The van der Waals surface area contributed by atoms with Crippen LogP contribution < -0.4 is 4.74 Å². The first kappa shape index (κ1) is 21.1. The largest absolute Gasteiger partial charge is 0.484 e. The summed E-state index contributed by atoms with van der Waals surface area (Å²) >= 11 is 5.70. The Hall–Kier alpha value is -1.15. The molecule has 7 heteroatoms. The van der Waals surface area contributed by atoms with Crippen molar-refractivity contribution < 1.29 is 14.3 Å². The molecule has 4 nitrogen and oxygen atoms in total. The molecular formula is C22H27NO3S3. The molecule has 2 saturated heterocycles. The van der Waals surface area contributed by atoms with Crippen molar-refractivity contribution in [2.45, 2.75) is 36.5 Å². The number of thiophene rings is 1. The average Bonchev–Trinajstić information content (AvgIpc) is 3.47. The summed E-state index contributed by atoms with van der Waals surface area (Å²) in [7, 11) is 0. The van der Waals surface area contributed by atoms with Gasteiger partial charge in [0.05, 0.1) is 17.2 Å². The van der Waals surface area contributed by atoms with Crippen LogP contribution in [-0.2, 0) is 16.1 Å². The van der Waals surface area contributed by atoms with E-state index in [0.29, 0.717) is 17.7 Å². The van der Waals surface area contributed by atoms with E-state index in [1.165, 1.54) is 28.4 Å². The van der Waals surface area contributed by atoms with Gasteiger partial charge in [-0.1, -0.05) is 18.2 Å². The van der Waals surface area contributed by atoms with E-state index in [2.05, 4.69) is 18.2 Å². The third-order valence-corrected chi connectivity index (χ3v) is 8.95. The third-order valence-electron chi connectivity index (χ3n) is 5.07. The lowest BCUT2D eigenvalue weighted by Crippen LogP contribution is -2.39. The number of hydrogen-bond acceptors (Lipinski definition) is 6. The van der Waals surface area contributed by atoms with Crippen molar-refractivity contribution in [2.75, 3.05) is 31.3 Å². The van der Waals surface area contributed by atoms with Crippen LogP contribution in [0.2, 0.25) is 0 Å². The minimum absolute atomic E-state index is 0.0105. The number of hydrogen-bond donors (Lipinski definition) is 0. The lowest BCUT2D eigenvalue weighted by atomic mass is 10.2. The molecule has 1 atom stereocenters. The van der Waals surface area contributed by atoms with Crippen molar-refractivity contribution in [3.8, 4) is 5.75 Å². The molecule has 2 aromatic rings. The number of amides is 1. The fraction of sp³-hybridized carbons (Fsp3) is 0.500. The number of thioether (sulfide) groups is 2. The molecule has 0 N–H and O–H groups in total. The fourth-order valence-electron chi connectivity index (χ4n) is 3.52. The molecule has 1 aromatic heterocycles. The number of carbonyl (C=O) groups is 1. The van der Waals surface area contributed by atoms with E-state index in [-0.39, 0.29) is 18.6 Å². The highest BCUT2D eigenvalue weighted by molar-refractivity contribution is 8.16. The maximum atomic E-state index is 12.9. The molecule has 1 amide bonds. The highest BCUT2D eigenvalue weighted by atomic mass is 32.2. The topological polar surface area (TPSA) is 38.8 Å². The molecular weight excluding hydrogens is 422 g/mol. The van der Waals surface area contributed by atoms with Gasteiger partial charge < -0.3 is 14.4 Å². The zero-order valence-electron chi connectivity index (χ0n) is 16.5. The summed E-state index contributed by atoms with van der Waals surface area (Å²) in [6.07, 6.45) is 3.53. The van der Waals surface area contributed by atoms with Crippen LogP contribution in [0.1, 0.15) is 34.3 Å². The lowest BCUT2D eigenvalue weighted by Gasteiger charge is -2.25. The molecule has 0 bridgehead atoms. The van der Waals surface area contributed by atoms with Gasteiger partial charge in [0.25, 0.3) is 5.91 Å². The Morgan fingerprint density at radius 3 is 2.66 bits per heavy atom. The maximum Gasteiger partial charge on any atom is 0.260 e. The monoisotopic (exact) mass is 449 g/mol. The first-order chi connectivity index (χ1) is 14.3. The standard InChI is InChI=1S/C22H27NO3S3/c24-21(23(14-19-4-1-10-25-19)15-20-5-2-11-27-20)16-26-18-8-6-17(7-9-18)22-28-12-3-13-29-22/h2,5-9,11,19,22H,1,3-4,10,12-16H2. The molecule has 2 aliphatic heterocycles. The quantitative estimate of drug-likeness (QED) is 0.554. The molecule has 1 aromatic carbocycles. The summed E-state index contributed by atoms with van der Waals surface area (Å²) in [5.74, 6) is 3.22. The Kier molecular flexibility index (Phi) is 7.82. The van der Waals surface area contributed by atoms with Crippen molar-refractivity contribution in [1.82, 2.24) is 4.90 Å². The SMILES string of the molecule is O=C(COc1ccc(C2SCCCS2)cc1)N(Cc1cccs1)CC1CCCO1. The van der Waals surface area contributed by atoms with Crippen molar-refractivity contribution in [1.29, 1.82) is 0 Å². The number of carbonyl (C=O) groups excluding carboxylic acids is 1. The Morgan fingerprint density at radius 1 is 1.14 bits per heavy atom. The Bertz CT molecular complexity index is 754. The van der Waals surface area contributed by atoms with Crippen LogP contribution >= 0.6 is 34.9 Å². The molecule has 3 heterocycles. The van der Waals surface area contributed by atoms with Gasteiger partial charge in [-0.15, -0.1) is 34.9 Å². The normalized spacial score (nSPS) is 19.9. The van der Waals surface area contributed by atoms with Crippen LogP contribution in [0.25, 0.3) is 0 Å². The summed E-state index contributed by atoms with van der Waals surface area (Å²) < 4.78 is 12.1. The van der Waals surface area contributed by atoms with Crippen molar-refractivity contribution in [3.05, 3.63) is 52.2 Å². The maximum absolute atomic E-state index is 12.9. The molecule has 4 rings (SSSR count). The number of ether oxygens (including phenoxy) is 2. The lowest BCUT2D eigenvalue weighted by molar-refractivity contribution is -0.135. The summed E-state index contributed by atoms with van der Waals surface area (Å²) in [6.45, 7) is 2.11. The van der Waals surface area contributed by atoms with E-state index in [9.17, 15) is 4.79 Å². The number of rotatable bonds is 8. The molecule has 0 saturated carbocycles. The van der Waals surface area contributed by atoms with Crippen LogP contribution in [0.5, 0.6) is 5.75 Å². The van der Waals surface area contributed by atoms with Crippen LogP contribution in [-0.4, -0.2) is 48.2 Å². The van der Waals surface area contributed by atoms with E-state index < -0.39 is 0 Å². The van der Waals surface area contributed by atoms with Gasteiger partial charge >= 0.3 is 0 Å². The second kappa shape index (κ2) is 10.8. The fourth-order valence-corrected chi connectivity index (χ4v) is 7.13. The van der Waals surface area contributed by atoms with Gasteiger partial charge in [-0.05, 0) is 59.9 Å². The van der Waals surface area contributed by atoms with Crippen LogP contribution in [0, 0.1) is 0 Å². The number of benzene rings is 1. The Balaban J connectivity index is 1.32. The van der Waals surface area contributed by atoms with E-state index >= 15 is 0 Å². The highest BCUT2D eigenvalue weighted by Gasteiger charge is 2.23. The molecule has 29 heavy (non-hydrogen) atoms. The minimum Gasteiger partial charge on any atom is -0.484 e. The number of nitrogens with zero attached hydrogens (tertiary/aromatic N) is 1. The van der Waals surface area contributed by atoms with Crippen molar-refractivity contribution in [3.63, 3.8) is 0 Å². The molecule has 0 radical (unpaired) electrons. The molecule has 1 unspecified atom stereocenters. The predicted octanol–water partition coefficient (Wildman–Crippen LogP) is 5.20. The van der Waals surface area contributed by atoms with Gasteiger partial charge in [-0.25, -0.2) is 0 Å². The van der Waals surface area contributed by atoms with Crippen LogP contribution in [0.15, 0.2) is 41.8 Å². The van der Waals surface area contributed by atoms with Crippen LogP contribution in [0.3, 0.4) is 0 Å². The molecule has 156 valence electrons. The summed E-state index contributed by atoms with van der Waals surface area (Å²) in [5, 5.41) is 2.05. The zero-order chi connectivity index (χ0) is 19.9. The smallest absolute Gasteiger partial charge is 0.260 e. The van der Waals surface area contributed by atoms with E-state index in [0.717, 1.165) is 25.2 Å². The summed E-state index contributed by atoms with van der Waals surface area (Å²) in [5.41, 5.74) is 1.33. The summed E-state index contributed by atoms with van der Waals surface area (Å²) in [6, 6.07) is 12.3. The molecule has 2 aliphatic rings. The van der Waals surface area contributed by atoms with Gasteiger partial charge in [-0.2, -0.15) is 0 Å². The highest BCUT2D eigenvalue weighted by Crippen LogP contribution is 2.43.